The van der Waals surface area contributed by atoms with Crippen LogP contribution < -0.4 is 0 Å². The molecule has 0 bridgehead atoms. The van der Waals surface area contributed by atoms with Crippen molar-refractivity contribution in [1.29, 1.82) is 0 Å². The van der Waals surface area contributed by atoms with Crippen molar-refractivity contribution in [3.63, 3.8) is 0 Å². The Bertz CT molecular complexity index is 484. The van der Waals surface area contributed by atoms with E-state index in [0.29, 0.717) is 19.6 Å². The number of nitrogens with zero attached hydrogens (tertiary/aromatic N) is 1. The molecule has 1 aromatic rings. The second kappa shape index (κ2) is 6.04. The van der Waals surface area contributed by atoms with Gasteiger partial charge in [0.2, 0.25) is 0 Å². The number of carbonyl (C=O) groups excluding carboxylic acids is 1. The molecule has 1 heterocycles. The lowest BCUT2D eigenvalue weighted by molar-refractivity contribution is -0.146. The molecule has 1 atom stereocenters. The number of rotatable bonds is 4. The lowest BCUT2D eigenvalue weighted by Crippen LogP contribution is -2.54. The summed E-state index contributed by atoms with van der Waals surface area (Å²) in [5.41, 5.74) is 1.50. The third kappa shape index (κ3) is 3.88. The molecule has 4 heteroatoms. The molecule has 20 heavy (non-hydrogen) atoms. The Morgan fingerprint density at radius 2 is 2.25 bits per heavy atom. The van der Waals surface area contributed by atoms with Crippen molar-refractivity contribution >= 4 is 5.78 Å². The molecule has 0 aliphatic carbocycles. The minimum Gasteiger partial charge on any atom is -0.394 e. The Morgan fingerprint density at radius 3 is 2.90 bits per heavy atom. The van der Waals surface area contributed by atoms with Crippen LogP contribution in [0.3, 0.4) is 0 Å². The van der Waals surface area contributed by atoms with E-state index in [4.69, 9.17) is 4.74 Å². The van der Waals surface area contributed by atoms with Crippen LogP contribution in [0.1, 0.15) is 29.8 Å². The number of benzene rings is 1. The van der Waals surface area contributed by atoms with Crippen LogP contribution >= 0.6 is 0 Å². The van der Waals surface area contributed by atoms with Gasteiger partial charge in [-0.05, 0) is 26.8 Å². The molecule has 0 aromatic heterocycles. The molecule has 1 fully saturated rings. The zero-order valence-corrected chi connectivity index (χ0v) is 12.4. The molecule has 1 unspecified atom stereocenters. The first kappa shape index (κ1) is 15.2. The van der Waals surface area contributed by atoms with Crippen LogP contribution in [0.2, 0.25) is 0 Å². The summed E-state index contributed by atoms with van der Waals surface area (Å²) >= 11 is 0. The van der Waals surface area contributed by atoms with Crippen molar-refractivity contribution in [2.24, 2.45) is 0 Å². The quantitative estimate of drug-likeness (QED) is 0.850. The third-order valence-corrected chi connectivity index (χ3v) is 3.46. The second-order valence-electron chi connectivity index (χ2n) is 6.14. The Labute approximate surface area is 120 Å². The largest absolute Gasteiger partial charge is 0.394 e. The maximum absolute atomic E-state index is 12.3. The number of hydrogen-bond acceptors (Lipinski definition) is 4. The number of morpholine rings is 1. The first-order chi connectivity index (χ1) is 9.39. The van der Waals surface area contributed by atoms with Crippen molar-refractivity contribution in [2.45, 2.75) is 32.5 Å². The first-order valence-electron chi connectivity index (χ1n) is 7.00. The maximum Gasteiger partial charge on any atom is 0.176 e. The number of Topliss-reactive ketones (excluding diaryl/α,β-unsaturated/α-hetero) is 1. The highest BCUT2D eigenvalue weighted by molar-refractivity contribution is 5.97. The van der Waals surface area contributed by atoms with Crippen LogP contribution in [0.5, 0.6) is 0 Å². The lowest BCUT2D eigenvalue weighted by atomic mass is 10.0. The normalized spacial score (nSPS) is 22.7. The second-order valence-corrected chi connectivity index (χ2v) is 6.14. The van der Waals surface area contributed by atoms with Crippen LogP contribution in [-0.4, -0.2) is 53.7 Å². The summed E-state index contributed by atoms with van der Waals surface area (Å²) in [5.74, 6) is 0.114. The molecule has 1 saturated heterocycles. The van der Waals surface area contributed by atoms with Crippen LogP contribution in [0.15, 0.2) is 24.3 Å². The minimum absolute atomic E-state index is 0.0153. The number of aryl methyl sites for hydroxylation is 1. The van der Waals surface area contributed by atoms with Crippen molar-refractivity contribution in [3.8, 4) is 0 Å². The van der Waals surface area contributed by atoms with Gasteiger partial charge in [-0.1, -0.05) is 23.8 Å². The number of ketones is 1. The average Bonchev–Trinajstić information content (AvgIpc) is 2.36. The van der Waals surface area contributed by atoms with E-state index in [0.717, 1.165) is 11.1 Å². The van der Waals surface area contributed by atoms with Crippen molar-refractivity contribution in [1.82, 2.24) is 4.90 Å². The van der Waals surface area contributed by atoms with Crippen LogP contribution in [0.25, 0.3) is 0 Å². The Hall–Kier alpha value is -1.23. The highest BCUT2D eigenvalue weighted by Crippen LogP contribution is 2.21. The zero-order valence-electron chi connectivity index (χ0n) is 12.4. The van der Waals surface area contributed by atoms with E-state index in [9.17, 15) is 9.90 Å². The summed E-state index contributed by atoms with van der Waals surface area (Å²) in [6.45, 7) is 7.60. The molecular weight excluding hydrogens is 254 g/mol. The number of aliphatic hydroxyl groups excluding tert-OH is 1. The van der Waals surface area contributed by atoms with Gasteiger partial charge in [0.15, 0.2) is 5.78 Å². The lowest BCUT2D eigenvalue weighted by Gasteiger charge is -2.42. The van der Waals surface area contributed by atoms with Crippen molar-refractivity contribution < 1.29 is 14.6 Å². The molecule has 4 nitrogen and oxygen atoms in total. The van der Waals surface area contributed by atoms with Gasteiger partial charge < -0.3 is 9.84 Å². The van der Waals surface area contributed by atoms with E-state index in [1.54, 1.807) is 0 Å². The van der Waals surface area contributed by atoms with E-state index in [1.807, 2.05) is 45.0 Å². The third-order valence-electron chi connectivity index (χ3n) is 3.46. The highest BCUT2D eigenvalue weighted by atomic mass is 16.5. The number of aliphatic hydroxyl groups is 1. The van der Waals surface area contributed by atoms with E-state index < -0.39 is 0 Å². The molecule has 1 N–H and O–H groups in total. The Kier molecular flexibility index (Phi) is 4.58. The maximum atomic E-state index is 12.3. The zero-order chi connectivity index (χ0) is 14.8. The Balaban J connectivity index is 2.03. The molecule has 0 spiro atoms. The predicted octanol–water partition coefficient (Wildman–Crippen LogP) is 1.65. The van der Waals surface area contributed by atoms with Gasteiger partial charge in [-0.2, -0.15) is 0 Å². The average molecular weight is 277 g/mol. The first-order valence-corrected chi connectivity index (χ1v) is 7.00. The number of hydrogen-bond donors (Lipinski definition) is 1. The summed E-state index contributed by atoms with van der Waals surface area (Å²) < 4.78 is 5.76. The summed E-state index contributed by atoms with van der Waals surface area (Å²) in [7, 11) is 0. The van der Waals surface area contributed by atoms with E-state index in [1.165, 1.54) is 0 Å². The summed E-state index contributed by atoms with van der Waals surface area (Å²) in [6.07, 6.45) is -0.218. The molecule has 1 aliphatic heterocycles. The Morgan fingerprint density at radius 1 is 1.50 bits per heavy atom. The standard InChI is InChI=1S/C16H23NO3/c1-12-5-4-6-13(7-12)15(19)9-17-8-14(10-18)20-16(2,3)11-17/h4-7,14,18H,8-11H2,1-3H3. The van der Waals surface area contributed by atoms with Crippen molar-refractivity contribution in [3.05, 3.63) is 35.4 Å². The number of carbonyl (C=O) groups is 1. The molecule has 0 radical (unpaired) electrons. The topological polar surface area (TPSA) is 49.8 Å². The molecule has 0 saturated carbocycles. The van der Waals surface area contributed by atoms with Gasteiger partial charge in [0.05, 0.1) is 24.9 Å². The molecular formula is C16H23NO3. The predicted molar refractivity (Wildman–Crippen MR) is 78.0 cm³/mol. The number of ether oxygens (including phenoxy) is 1. The van der Waals surface area contributed by atoms with Gasteiger partial charge in [0.1, 0.15) is 0 Å². The van der Waals surface area contributed by atoms with E-state index in [-0.39, 0.29) is 24.1 Å². The fourth-order valence-electron chi connectivity index (χ4n) is 2.75. The molecule has 2 rings (SSSR count). The molecule has 1 aliphatic rings. The van der Waals surface area contributed by atoms with Crippen LogP contribution in [0, 0.1) is 6.92 Å². The summed E-state index contributed by atoms with van der Waals surface area (Å²) in [4.78, 5) is 14.4. The van der Waals surface area contributed by atoms with E-state index >= 15 is 0 Å². The van der Waals surface area contributed by atoms with Gasteiger partial charge >= 0.3 is 0 Å². The van der Waals surface area contributed by atoms with Gasteiger partial charge in [0.25, 0.3) is 0 Å². The highest BCUT2D eigenvalue weighted by Gasteiger charge is 2.33. The van der Waals surface area contributed by atoms with Gasteiger partial charge in [0, 0.05) is 18.7 Å². The van der Waals surface area contributed by atoms with Crippen molar-refractivity contribution in [2.75, 3.05) is 26.2 Å². The van der Waals surface area contributed by atoms with Crippen LogP contribution in [-0.2, 0) is 4.74 Å². The molecule has 0 amide bonds. The van der Waals surface area contributed by atoms with Crippen LogP contribution in [0.4, 0.5) is 0 Å². The van der Waals surface area contributed by atoms with E-state index in [2.05, 4.69) is 4.90 Å². The monoisotopic (exact) mass is 277 g/mol. The molecule has 110 valence electrons. The summed E-state index contributed by atoms with van der Waals surface area (Å²) in [5, 5.41) is 9.29. The minimum atomic E-state index is -0.335. The smallest absolute Gasteiger partial charge is 0.176 e. The SMILES string of the molecule is Cc1cccc(C(=O)CN2CC(CO)OC(C)(C)C2)c1. The van der Waals surface area contributed by atoms with Gasteiger partial charge in [-0.15, -0.1) is 0 Å². The van der Waals surface area contributed by atoms with Gasteiger partial charge in [-0.3, -0.25) is 9.69 Å². The fraction of sp³-hybridized carbons (Fsp3) is 0.562. The fourth-order valence-corrected chi connectivity index (χ4v) is 2.75. The molecule has 1 aromatic carbocycles. The van der Waals surface area contributed by atoms with Gasteiger partial charge in [-0.25, -0.2) is 0 Å². The summed E-state index contributed by atoms with van der Waals surface area (Å²) in [6, 6.07) is 7.65.